The molecule has 2 spiro atoms. The van der Waals surface area contributed by atoms with Gasteiger partial charge < -0.3 is 91.8 Å². The van der Waals surface area contributed by atoms with Crippen molar-refractivity contribution in [2.24, 2.45) is 21.7 Å². The van der Waals surface area contributed by atoms with Crippen molar-refractivity contribution >= 4 is 56.2 Å². The Labute approximate surface area is 748 Å². The first-order valence-electron chi connectivity index (χ1n) is 43.5. The SMILES string of the molecule is [2H]Cc1cc(CO)cc(OCCOCCNC(=O)c2ccc3c(c2)C2(OC3=O)c3ccc(OC(=O)C(C)(C)C)cc3Oc3cc(OC(=O)C(C)(C)C)ccc32)c1.[2H]Cc1cc(COP(OCCC#N)N(C(C)C)C(C)C)cc(OCCOCCNC(=O)c2ccc3c(c2)C2(OC3=O)c3ccc(OC(=O)C(C)(C)C)cc3Oc3cc(OC(=O)C(C)(C)C)ccc32)c1.[3H]OC.[3H]OC. The van der Waals surface area contributed by atoms with Gasteiger partial charge in [0, 0.05) is 111 Å². The summed E-state index contributed by atoms with van der Waals surface area (Å²) in [5.74, 6) is -1.11. The van der Waals surface area contributed by atoms with Crippen LogP contribution in [0.3, 0.4) is 0 Å². The molecule has 0 saturated carbocycles. The van der Waals surface area contributed by atoms with E-state index in [-0.39, 0.29) is 173 Å². The number of aliphatic hydroxyl groups excluding tert-OH is 3. The number of benzene rings is 8. The Bertz CT molecular complexity index is 5290. The Hall–Kier alpha value is -11.7. The summed E-state index contributed by atoms with van der Waals surface area (Å²) in [5.41, 5.74) is 0.144. The summed E-state index contributed by atoms with van der Waals surface area (Å²) in [6, 6.07) is 41.7. The van der Waals surface area contributed by atoms with Gasteiger partial charge in [0.25, 0.3) is 20.3 Å². The van der Waals surface area contributed by atoms with Crippen LogP contribution in [0.15, 0.2) is 146 Å². The van der Waals surface area contributed by atoms with E-state index in [9.17, 15) is 43.5 Å². The maximum absolute atomic E-state index is 13.7. The van der Waals surface area contributed by atoms with Gasteiger partial charge in [-0.25, -0.2) is 14.3 Å². The van der Waals surface area contributed by atoms with Gasteiger partial charge in [-0.05, 0) is 256 Å². The third kappa shape index (κ3) is 24.2. The zero-order valence-electron chi connectivity index (χ0n) is 79.0. The van der Waals surface area contributed by atoms with Gasteiger partial charge in [0.15, 0.2) is 11.2 Å². The van der Waals surface area contributed by atoms with Crippen molar-refractivity contribution in [3.8, 4) is 63.6 Å². The van der Waals surface area contributed by atoms with Crippen LogP contribution in [0.4, 0.5) is 0 Å². The molecule has 5 N–H and O–H groups in total. The van der Waals surface area contributed by atoms with Crippen LogP contribution in [-0.2, 0) is 71.6 Å². The zero-order valence-corrected chi connectivity index (χ0v) is 75.9. The lowest BCUT2D eigenvalue weighted by Gasteiger charge is -2.37. The summed E-state index contributed by atoms with van der Waals surface area (Å²) in [6.45, 7) is 31.2. The number of ether oxygens (including phenoxy) is 12. The largest absolute Gasteiger partial charge is 0.491 e. The van der Waals surface area contributed by atoms with Gasteiger partial charge in [0.2, 0.25) is 2.86 Å². The van der Waals surface area contributed by atoms with Crippen LogP contribution in [-0.4, -0.2) is 156 Å². The minimum Gasteiger partial charge on any atom is -0.491 e. The van der Waals surface area contributed by atoms with E-state index in [1.54, 1.807) is 192 Å². The van der Waals surface area contributed by atoms with Crippen LogP contribution in [0.5, 0.6) is 57.5 Å². The summed E-state index contributed by atoms with van der Waals surface area (Å²) in [7, 11) is 1.14. The third-order valence-electron chi connectivity index (χ3n) is 19.6. The number of hydrogen-bond donors (Lipinski definition) is 5. The van der Waals surface area contributed by atoms with Gasteiger partial charge in [0.1, 0.15) is 70.7 Å². The molecule has 678 valence electrons. The molecule has 4 aliphatic heterocycles. The molecule has 1 atom stereocenters. The molecule has 2 amide bonds. The van der Waals surface area contributed by atoms with Crippen LogP contribution >= 0.6 is 8.53 Å². The van der Waals surface area contributed by atoms with Gasteiger partial charge in [-0.3, -0.25) is 28.8 Å². The second kappa shape index (κ2) is 42.7. The Balaban J connectivity index is 0.000000283. The smallest absolute Gasteiger partial charge is 0.340 e. The molecule has 0 aromatic heterocycles. The van der Waals surface area contributed by atoms with Crippen LogP contribution in [0.25, 0.3) is 0 Å². The molecule has 0 radical (unpaired) electrons. The van der Waals surface area contributed by atoms with Gasteiger partial charge in [-0.15, -0.1) is 0 Å². The number of nitrogens with one attached hydrogen (secondary N) is 2. The first-order valence-corrected chi connectivity index (χ1v) is 42.4. The summed E-state index contributed by atoms with van der Waals surface area (Å²) >= 11 is 0. The maximum atomic E-state index is 13.7. The maximum Gasteiger partial charge on any atom is 0.340 e. The number of nitriles is 1. The second-order valence-electron chi connectivity index (χ2n) is 34.4. The monoisotopic (exact) mass is 1770 g/mol. The fourth-order valence-corrected chi connectivity index (χ4v) is 15.1. The normalized spacial score (nSPS) is 14.1. The Morgan fingerprint density at radius 2 is 0.827 bits per heavy atom. The van der Waals surface area contributed by atoms with Crippen molar-refractivity contribution in [1.29, 1.82) is 8.12 Å². The predicted octanol–water partition coefficient (Wildman–Crippen LogP) is 16.1. The number of amides is 2. The zero-order chi connectivity index (χ0) is 96.1. The Morgan fingerprint density at radius 1 is 0.472 bits per heavy atom. The van der Waals surface area contributed by atoms with Crippen molar-refractivity contribution in [3.63, 3.8) is 0 Å². The van der Waals surface area contributed by atoms with Crippen molar-refractivity contribution < 1.29 is 122 Å². The van der Waals surface area contributed by atoms with E-state index in [0.29, 0.717) is 50.4 Å². The molecular weight excluding hydrogens is 1650 g/mol. The quantitative estimate of drug-likeness (QED) is 0.0121. The molecule has 0 aliphatic carbocycles. The van der Waals surface area contributed by atoms with Crippen LogP contribution < -0.4 is 48.5 Å². The predicted molar refractivity (Wildman–Crippen MR) is 472 cm³/mol. The van der Waals surface area contributed by atoms with E-state index in [1.807, 2.05) is 12.1 Å². The molecular formula is C97H115N4O25P. The summed E-state index contributed by atoms with van der Waals surface area (Å²) in [4.78, 5) is 106. The number of aryl methyl sites for hydroxylation is 2. The molecule has 0 fully saturated rings. The fourth-order valence-electron chi connectivity index (χ4n) is 13.5. The molecule has 8 aromatic carbocycles. The Morgan fingerprint density at radius 3 is 1.16 bits per heavy atom. The molecule has 0 bridgehead atoms. The van der Waals surface area contributed by atoms with Gasteiger partial charge in [-0.2, -0.15) is 5.26 Å². The fraction of sp³-hybridized carbons (Fsp3) is 0.412. The molecule has 30 heteroatoms. The first-order chi connectivity index (χ1) is 62.0. The average molecular weight is 1770 g/mol. The van der Waals surface area contributed by atoms with E-state index >= 15 is 0 Å². The molecule has 8 aromatic rings. The van der Waals surface area contributed by atoms with Gasteiger partial charge >= 0.3 is 35.8 Å². The second-order valence-corrected chi connectivity index (χ2v) is 35.9. The summed E-state index contributed by atoms with van der Waals surface area (Å²) < 4.78 is 113. The van der Waals surface area contributed by atoms with Crippen LogP contribution in [0.1, 0.15) is 217 Å². The van der Waals surface area contributed by atoms with Gasteiger partial charge in [-0.1, -0.05) is 12.1 Å². The lowest BCUT2D eigenvalue weighted by Crippen LogP contribution is -2.34. The standard InChI is InChI=1S/C52H62N3O12P.C43H45NO11.2CH4O/c1-32(2)55(33(3)4)68(62-21-12-19-53)63-31-35-25-34(5)26-39(27-35)61-24-23-60-22-20-54-46(56)36-13-16-40-43(28-36)52(67-47(40)57)41-17-14-37(64-48(58)50(6,7)8)29-44(41)66-45-30-38(15-18-42(45)52)65-49(59)51(9,10)11;1-25-18-26(24-45)20-30(19-25)51-17-16-50-15-14-44-37(46)27-8-11-31-34(21-27)43(55-38(31)47)32-12-9-28(52-39(48)41(2,3)4)22-35(32)54-36-23-29(10-13-33(36)43)53-40(49)42(5,6)7;2*1-2/h13-18,25-30,32-33H,12,20-24,31H2,1-11H3,(H,54,56);8-13,18-23,45H,14-17,24H2,1-7H3,(H,44,46);2*2H,1H3/i5D;1D;2*2T. The lowest BCUT2D eigenvalue weighted by molar-refractivity contribution is -0.143. The van der Waals surface area contributed by atoms with E-state index < -0.39 is 89.0 Å². The van der Waals surface area contributed by atoms with Crippen molar-refractivity contribution in [3.05, 3.63) is 223 Å². The van der Waals surface area contributed by atoms with Crippen molar-refractivity contribution in [2.45, 2.75) is 167 Å². The van der Waals surface area contributed by atoms with E-state index in [1.165, 1.54) is 38.5 Å². The number of hydrogen-bond acceptors (Lipinski definition) is 27. The molecule has 12 rings (SSSR count). The minimum atomic E-state index is -1.60. The van der Waals surface area contributed by atoms with Crippen molar-refractivity contribution in [1.82, 2.24) is 15.3 Å². The molecule has 0 saturated heterocycles. The van der Waals surface area contributed by atoms with Crippen LogP contribution in [0.2, 0.25) is 0 Å². The highest BCUT2D eigenvalue weighted by molar-refractivity contribution is 7.44. The molecule has 4 aliphatic rings. The molecule has 1 unspecified atom stereocenters. The number of esters is 6. The highest BCUT2D eigenvalue weighted by atomic mass is 31.2. The highest BCUT2D eigenvalue weighted by Gasteiger charge is 2.56. The summed E-state index contributed by atoms with van der Waals surface area (Å²) in [5, 5.41) is 31.2. The van der Waals surface area contributed by atoms with Gasteiger partial charge in [0.05, 0.1) is 91.5 Å². The third-order valence-corrected chi connectivity index (χ3v) is 21.7. The number of nitrogens with zero attached hydrogens (tertiary/aromatic N) is 2. The lowest BCUT2D eigenvalue weighted by atomic mass is 9.77. The average Bonchev–Trinajstić information content (AvgIpc) is 1.56. The number of carbonyl (C=O) groups is 8. The highest BCUT2D eigenvalue weighted by Crippen LogP contribution is 2.60. The summed E-state index contributed by atoms with van der Waals surface area (Å²) in [6.07, 6.45) is 0.259. The van der Waals surface area contributed by atoms with Crippen molar-refractivity contribution in [2.75, 3.05) is 73.6 Å². The van der Waals surface area contributed by atoms with E-state index in [4.69, 9.17) is 76.8 Å². The van der Waals surface area contributed by atoms with Crippen LogP contribution in [0, 0.1) is 46.8 Å². The number of rotatable bonds is 30. The minimum absolute atomic E-state index is 0.0517. The van der Waals surface area contributed by atoms with E-state index in [2.05, 4.69) is 59.3 Å². The Kier molecular flexibility index (Phi) is 31.3. The number of fused-ring (bicyclic) bond motifs is 12. The molecule has 127 heavy (non-hydrogen) atoms. The topological polar surface area (TPSA) is 378 Å². The van der Waals surface area contributed by atoms with E-state index in [0.717, 1.165) is 16.7 Å². The number of carbonyl (C=O) groups excluding carboxylic acids is 8. The number of aliphatic hydroxyl groups is 3. The first kappa shape index (κ1) is 93.0. The molecule has 4 heterocycles. The molecule has 29 nitrogen and oxygen atoms in total.